The molecular weight excluding hydrogens is 419 g/mol. The van der Waals surface area contributed by atoms with E-state index in [1.54, 1.807) is 42.5 Å². The van der Waals surface area contributed by atoms with Crippen molar-refractivity contribution in [2.24, 2.45) is 5.10 Å². The van der Waals surface area contributed by atoms with Crippen LogP contribution in [-0.4, -0.2) is 12.1 Å². The van der Waals surface area contributed by atoms with Crippen LogP contribution in [0.25, 0.3) is 0 Å². The lowest BCUT2D eigenvalue weighted by molar-refractivity contribution is 0.0955. The van der Waals surface area contributed by atoms with E-state index in [0.29, 0.717) is 38.6 Å². The van der Waals surface area contributed by atoms with Gasteiger partial charge in [-0.3, -0.25) is 4.79 Å². The number of rotatable bonds is 6. The van der Waals surface area contributed by atoms with Crippen LogP contribution in [0.15, 0.2) is 71.8 Å². The predicted octanol–water partition coefficient (Wildman–Crippen LogP) is 5.99. The third kappa shape index (κ3) is 5.49. The zero-order chi connectivity index (χ0) is 19.9. The van der Waals surface area contributed by atoms with E-state index < -0.39 is 0 Å². The fraction of sp³-hybridized carbons (Fsp3) is 0.0476. The van der Waals surface area contributed by atoms with Gasteiger partial charge in [-0.2, -0.15) is 5.10 Å². The lowest BCUT2D eigenvalue weighted by Gasteiger charge is -2.07. The Labute approximate surface area is 177 Å². The molecule has 0 heterocycles. The Morgan fingerprint density at radius 3 is 2.21 bits per heavy atom. The quantitative estimate of drug-likeness (QED) is 0.383. The molecule has 0 unspecified atom stereocenters. The summed E-state index contributed by atoms with van der Waals surface area (Å²) >= 11 is 18.0. The third-order valence-electron chi connectivity index (χ3n) is 3.79. The fourth-order valence-electron chi connectivity index (χ4n) is 2.30. The minimum Gasteiger partial charge on any atom is -0.489 e. The normalized spacial score (nSPS) is 10.8. The van der Waals surface area contributed by atoms with Gasteiger partial charge < -0.3 is 4.74 Å². The summed E-state index contributed by atoms with van der Waals surface area (Å²) in [5.41, 5.74) is 4.43. The molecule has 0 aliphatic rings. The maximum Gasteiger partial charge on any atom is 0.271 e. The Bertz CT molecular complexity index is 967. The van der Waals surface area contributed by atoms with Gasteiger partial charge in [0.25, 0.3) is 5.91 Å². The van der Waals surface area contributed by atoms with Gasteiger partial charge in [-0.15, -0.1) is 0 Å². The van der Waals surface area contributed by atoms with Crippen LogP contribution in [0.3, 0.4) is 0 Å². The van der Waals surface area contributed by atoms with E-state index in [4.69, 9.17) is 39.5 Å². The zero-order valence-electron chi connectivity index (χ0n) is 14.5. The molecule has 0 radical (unpaired) electrons. The molecule has 0 aromatic heterocycles. The summed E-state index contributed by atoms with van der Waals surface area (Å²) < 4.78 is 5.70. The van der Waals surface area contributed by atoms with Crippen molar-refractivity contribution in [2.75, 3.05) is 0 Å². The second kappa shape index (κ2) is 9.60. The first-order valence-electron chi connectivity index (χ1n) is 8.27. The molecule has 0 spiro atoms. The van der Waals surface area contributed by atoms with Crippen molar-refractivity contribution in [2.45, 2.75) is 6.61 Å². The first-order chi connectivity index (χ1) is 13.5. The molecule has 3 aromatic carbocycles. The average molecular weight is 434 g/mol. The minimum absolute atomic E-state index is 0.358. The Morgan fingerprint density at radius 2 is 1.57 bits per heavy atom. The van der Waals surface area contributed by atoms with Crippen molar-refractivity contribution in [1.29, 1.82) is 0 Å². The summed E-state index contributed by atoms with van der Waals surface area (Å²) in [4.78, 5) is 12.2. The molecule has 142 valence electrons. The molecule has 7 heteroatoms. The second-order valence-corrected chi connectivity index (χ2v) is 7.02. The van der Waals surface area contributed by atoms with E-state index in [9.17, 15) is 4.79 Å². The highest BCUT2D eigenvalue weighted by atomic mass is 35.5. The largest absolute Gasteiger partial charge is 0.489 e. The number of nitrogens with zero attached hydrogens (tertiary/aromatic N) is 1. The van der Waals surface area contributed by atoms with E-state index in [-0.39, 0.29) is 5.91 Å². The lowest BCUT2D eigenvalue weighted by atomic mass is 10.2. The molecule has 4 nitrogen and oxygen atoms in total. The molecule has 0 aliphatic carbocycles. The van der Waals surface area contributed by atoms with Crippen molar-refractivity contribution in [3.8, 4) is 5.75 Å². The van der Waals surface area contributed by atoms with Gasteiger partial charge >= 0.3 is 0 Å². The van der Waals surface area contributed by atoms with E-state index in [0.717, 1.165) is 5.56 Å². The highest BCUT2D eigenvalue weighted by Gasteiger charge is 2.06. The smallest absolute Gasteiger partial charge is 0.271 e. The lowest BCUT2D eigenvalue weighted by Crippen LogP contribution is -2.17. The summed E-state index contributed by atoms with van der Waals surface area (Å²) in [5, 5.41) is 5.49. The van der Waals surface area contributed by atoms with E-state index >= 15 is 0 Å². The predicted molar refractivity (Wildman–Crippen MR) is 114 cm³/mol. The summed E-state index contributed by atoms with van der Waals surface area (Å²) in [6, 6.07) is 19.3. The van der Waals surface area contributed by atoms with Crippen molar-refractivity contribution in [3.05, 3.63) is 98.5 Å². The summed E-state index contributed by atoms with van der Waals surface area (Å²) in [7, 11) is 0. The number of carbonyl (C=O) groups is 1. The van der Waals surface area contributed by atoms with Gasteiger partial charge in [0, 0.05) is 16.1 Å². The SMILES string of the molecule is O=C(N/N=C/c1c(Cl)cccc1Cl)c1ccc(OCc2ccc(Cl)cc2)cc1. The molecule has 3 aromatic rings. The van der Waals surface area contributed by atoms with Crippen LogP contribution >= 0.6 is 34.8 Å². The van der Waals surface area contributed by atoms with Crippen molar-refractivity contribution in [1.82, 2.24) is 5.43 Å². The Hall–Kier alpha value is -2.53. The van der Waals surface area contributed by atoms with E-state index in [2.05, 4.69) is 10.5 Å². The highest BCUT2D eigenvalue weighted by molar-refractivity contribution is 6.38. The molecule has 1 N–H and O–H groups in total. The standard InChI is InChI=1S/C21H15Cl3N2O2/c22-16-8-4-14(5-9-16)13-28-17-10-6-15(7-11-17)21(27)26-25-12-18-19(23)2-1-3-20(18)24/h1-12H,13H2,(H,26,27)/b25-12+. The molecular formula is C21H15Cl3N2O2. The Kier molecular flexibility index (Phi) is 6.93. The highest BCUT2D eigenvalue weighted by Crippen LogP contribution is 2.22. The molecule has 0 atom stereocenters. The van der Waals surface area contributed by atoms with Crippen LogP contribution in [0.2, 0.25) is 15.1 Å². The molecule has 0 bridgehead atoms. The van der Waals surface area contributed by atoms with Crippen LogP contribution in [0.5, 0.6) is 5.75 Å². The molecule has 0 saturated heterocycles. The Balaban J connectivity index is 1.56. The van der Waals surface area contributed by atoms with Crippen molar-refractivity contribution < 1.29 is 9.53 Å². The number of amides is 1. The van der Waals surface area contributed by atoms with Crippen LogP contribution in [0.1, 0.15) is 21.5 Å². The molecule has 0 fully saturated rings. The topological polar surface area (TPSA) is 50.7 Å². The number of ether oxygens (including phenoxy) is 1. The maximum atomic E-state index is 12.2. The van der Waals surface area contributed by atoms with Gasteiger partial charge in [-0.05, 0) is 54.1 Å². The molecule has 1 amide bonds. The number of hydrogen-bond acceptors (Lipinski definition) is 3. The van der Waals surface area contributed by atoms with Crippen LogP contribution < -0.4 is 10.2 Å². The van der Waals surface area contributed by atoms with Gasteiger partial charge in [0.1, 0.15) is 12.4 Å². The monoisotopic (exact) mass is 432 g/mol. The fourth-order valence-corrected chi connectivity index (χ4v) is 2.92. The van der Waals surface area contributed by atoms with E-state index in [1.165, 1.54) is 6.21 Å². The van der Waals surface area contributed by atoms with Crippen LogP contribution in [-0.2, 0) is 6.61 Å². The number of benzene rings is 3. The molecule has 0 aliphatic heterocycles. The number of carbonyl (C=O) groups excluding carboxylic acids is 1. The van der Waals surface area contributed by atoms with Crippen molar-refractivity contribution >= 4 is 46.9 Å². The van der Waals surface area contributed by atoms with Gasteiger partial charge in [0.2, 0.25) is 0 Å². The van der Waals surface area contributed by atoms with Crippen molar-refractivity contribution in [3.63, 3.8) is 0 Å². The Morgan fingerprint density at radius 1 is 0.929 bits per heavy atom. The molecule has 28 heavy (non-hydrogen) atoms. The first-order valence-corrected chi connectivity index (χ1v) is 9.41. The second-order valence-electron chi connectivity index (χ2n) is 5.77. The third-order valence-corrected chi connectivity index (χ3v) is 4.71. The first kappa shape index (κ1) is 20.2. The minimum atomic E-state index is -0.358. The number of nitrogens with one attached hydrogen (secondary N) is 1. The average Bonchev–Trinajstić information content (AvgIpc) is 2.70. The number of hydrogen-bond donors (Lipinski definition) is 1. The number of hydrazone groups is 1. The van der Waals surface area contributed by atoms with Gasteiger partial charge in [0.05, 0.1) is 16.3 Å². The summed E-state index contributed by atoms with van der Waals surface area (Å²) in [5.74, 6) is 0.293. The van der Waals surface area contributed by atoms with Crippen LogP contribution in [0.4, 0.5) is 0 Å². The summed E-state index contributed by atoms with van der Waals surface area (Å²) in [6.07, 6.45) is 1.41. The number of halogens is 3. The van der Waals surface area contributed by atoms with Gasteiger partial charge in [-0.1, -0.05) is 53.0 Å². The van der Waals surface area contributed by atoms with Crippen LogP contribution in [0, 0.1) is 0 Å². The molecule has 0 saturated carbocycles. The van der Waals surface area contributed by atoms with E-state index in [1.807, 2.05) is 24.3 Å². The molecule has 3 rings (SSSR count). The maximum absolute atomic E-state index is 12.2. The van der Waals surface area contributed by atoms with Gasteiger partial charge in [0.15, 0.2) is 0 Å². The zero-order valence-corrected chi connectivity index (χ0v) is 16.8. The van der Waals surface area contributed by atoms with Gasteiger partial charge in [-0.25, -0.2) is 5.43 Å². The summed E-state index contributed by atoms with van der Waals surface area (Å²) in [6.45, 7) is 0.408.